The summed E-state index contributed by atoms with van der Waals surface area (Å²) in [6, 6.07) is 10.1. The molecule has 7 nitrogen and oxygen atoms in total. The van der Waals surface area contributed by atoms with E-state index in [0.29, 0.717) is 19.5 Å². The van der Waals surface area contributed by atoms with Gasteiger partial charge in [-0.3, -0.25) is 9.69 Å². The van der Waals surface area contributed by atoms with Gasteiger partial charge in [-0.1, -0.05) is 11.6 Å². The van der Waals surface area contributed by atoms with Gasteiger partial charge in [0.1, 0.15) is 6.10 Å². The van der Waals surface area contributed by atoms with Gasteiger partial charge < -0.3 is 15.0 Å². The number of benzene rings is 1. The second-order valence-electron chi connectivity index (χ2n) is 6.78. The van der Waals surface area contributed by atoms with E-state index in [1.807, 2.05) is 30.3 Å². The van der Waals surface area contributed by atoms with E-state index < -0.39 is 0 Å². The summed E-state index contributed by atoms with van der Waals surface area (Å²) in [7, 11) is 0. The molecule has 3 rings (SSSR count). The van der Waals surface area contributed by atoms with Crippen LogP contribution < -0.4 is 15.1 Å². The number of cyclic esters (lactones) is 1. The number of nitriles is 1. The highest BCUT2D eigenvalue weighted by atomic mass is 16.6. The summed E-state index contributed by atoms with van der Waals surface area (Å²) in [6.45, 7) is 4.05. The van der Waals surface area contributed by atoms with E-state index >= 15 is 0 Å². The lowest BCUT2D eigenvalue weighted by Crippen LogP contribution is -2.33. The van der Waals surface area contributed by atoms with Crippen LogP contribution >= 0.6 is 0 Å². The van der Waals surface area contributed by atoms with Crippen LogP contribution in [0.3, 0.4) is 0 Å². The fourth-order valence-corrected chi connectivity index (χ4v) is 3.39. The van der Waals surface area contributed by atoms with E-state index in [4.69, 9.17) is 10.00 Å². The predicted octanol–water partition coefficient (Wildman–Crippen LogP) is 2.59. The fourth-order valence-electron chi connectivity index (χ4n) is 3.39. The van der Waals surface area contributed by atoms with Gasteiger partial charge >= 0.3 is 6.09 Å². The molecular weight excluding hydrogens is 344 g/mol. The number of nitrogens with one attached hydrogen (secondary N) is 1. The van der Waals surface area contributed by atoms with E-state index in [1.54, 1.807) is 4.90 Å². The molecule has 2 aliphatic rings. The third kappa shape index (κ3) is 4.79. The van der Waals surface area contributed by atoms with Gasteiger partial charge in [0.25, 0.3) is 0 Å². The van der Waals surface area contributed by atoms with Crippen LogP contribution in [0.1, 0.15) is 26.2 Å². The van der Waals surface area contributed by atoms with Crippen molar-refractivity contribution in [2.75, 3.05) is 36.0 Å². The molecule has 2 heterocycles. The Bertz CT molecular complexity index is 756. The van der Waals surface area contributed by atoms with Crippen molar-refractivity contribution in [3.63, 3.8) is 0 Å². The number of rotatable bonds is 5. The minimum atomic E-state index is -0.386. The lowest BCUT2D eigenvalue weighted by Gasteiger charge is -2.30. The number of ether oxygens (including phenoxy) is 1. The van der Waals surface area contributed by atoms with Crippen LogP contribution in [0.2, 0.25) is 0 Å². The number of hydrogen-bond donors (Lipinski definition) is 1. The maximum Gasteiger partial charge on any atom is 0.414 e. The summed E-state index contributed by atoms with van der Waals surface area (Å²) < 4.78 is 5.30. The molecule has 2 amide bonds. The van der Waals surface area contributed by atoms with Crippen molar-refractivity contribution in [2.45, 2.75) is 32.3 Å². The molecule has 0 bridgehead atoms. The van der Waals surface area contributed by atoms with Crippen LogP contribution in [0, 0.1) is 11.3 Å². The first-order chi connectivity index (χ1) is 13.1. The number of amides is 2. The summed E-state index contributed by atoms with van der Waals surface area (Å²) in [5, 5.41) is 11.3. The van der Waals surface area contributed by atoms with Crippen LogP contribution in [0.25, 0.3) is 0 Å². The van der Waals surface area contributed by atoms with Crippen LogP contribution in [0.15, 0.2) is 35.9 Å². The molecule has 2 aliphatic heterocycles. The molecule has 27 heavy (non-hydrogen) atoms. The second kappa shape index (κ2) is 8.58. The summed E-state index contributed by atoms with van der Waals surface area (Å²) in [4.78, 5) is 27.0. The number of carbonyl (C=O) groups excluding carboxylic acids is 2. The van der Waals surface area contributed by atoms with Crippen molar-refractivity contribution in [3.05, 3.63) is 35.9 Å². The average molecular weight is 368 g/mol. The molecule has 2 saturated heterocycles. The molecule has 1 aromatic carbocycles. The maximum absolute atomic E-state index is 12.1. The monoisotopic (exact) mass is 368 g/mol. The smallest absolute Gasteiger partial charge is 0.414 e. The maximum atomic E-state index is 12.1. The molecule has 1 N–H and O–H groups in total. The third-order valence-electron chi connectivity index (χ3n) is 4.87. The topological polar surface area (TPSA) is 85.7 Å². The molecule has 7 heteroatoms. The highest BCUT2D eigenvalue weighted by Crippen LogP contribution is 2.27. The van der Waals surface area contributed by atoms with Crippen molar-refractivity contribution >= 4 is 23.4 Å². The summed E-state index contributed by atoms with van der Waals surface area (Å²) in [5.41, 5.74) is 3.27. The zero-order chi connectivity index (χ0) is 19.2. The summed E-state index contributed by atoms with van der Waals surface area (Å²) in [6.07, 6.45) is 3.76. The molecule has 0 aromatic heterocycles. The minimum Gasteiger partial charge on any atom is -0.442 e. The second-order valence-corrected chi connectivity index (χ2v) is 6.78. The molecule has 142 valence electrons. The Morgan fingerprint density at radius 3 is 2.59 bits per heavy atom. The molecular formula is C20H24N4O3. The van der Waals surface area contributed by atoms with Gasteiger partial charge in [-0.25, -0.2) is 4.79 Å². The first-order valence-corrected chi connectivity index (χ1v) is 9.19. The number of carbonyl (C=O) groups is 2. The average Bonchev–Trinajstić information content (AvgIpc) is 3.06. The lowest BCUT2D eigenvalue weighted by molar-refractivity contribution is -0.119. The predicted molar refractivity (Wildman–Crippen MR) is 103 cm³/mol. The van der Waals surface area contributed by atoms with E-state index in [0.717, 1.165) is 37.3 Å². The highest BCUT2D eigenvalue weighted by Gasteiger charge is 2.32. The van der Waals surface area contributed by atoms with Crippen molar-refractivity contribution in [1.82, 2.24) is 5.32 Å². The molecule has 0 spiro atoms. The van der Waals surface area contributed by atoms with Crippen molar-refractivity contribution in [2.24, 2.45) is 0 Å². The van der Waals surface area contributed by atoms with Crippen molar-refractivity contribution < 1.29 is 14.3 Å². The molecule has 0 radical (unpaired) electrons. The minimum absolute atomic E-state index is 0.138. The number of hydrogen-bond acceptors (Lipinski definition) is 5. The summed E-state index contributed by atoms with van der Waals surface area (Å²) in [5.74, 6) is -0.138. The van der Waals surface area contributed by atoms with Gasteiger partial charge in [-0.15, -0.1) is 0 Å². The lowest BCUT2D eigenvalue weighted by atomic mass is 10.0. The Morgan fingerprint density at radius 1 is 1.30 bits per heavy atom. The fraction of sp³-hybridized carbons (Fsp3) is 0.450. The molecule has 1 aromatic rings. The first-order valence-electron chi connectivity index (χ1n) is 9.19. The number of nitrogens with zero attached hydrogens (tertiary/aromatic N) is 3. The Balaban J connectivity index is 1.57. The molecule has 1 atom stereocenters. The van der Waals surface area contributed by atoms with Crippen molar-refractivity contribution in [3.8, 4) is 6.07 Å². The summed E-state index contributed by atoms with van der Waals surface area (Å²) >= 11 is 0. The normalized spacial score (nSPS) is 19.5. The van der Waals surface area contributed by atoms with Crippen LogP contribution in [0.4, 0.5) is 16.2 Å². The van der Waals surface area contributed by atoms with E-state index in [2.05, 4.69) is 16.3 Å². The Morgan fingerprint density at radius 2 is 1.96 bits per heavy atom. The quantitative estimate of drug-likeness (QED) is 0.808. The Kier molecular flexibility index (Phi) is 5.97. The zero-order valence-electron chi connectivity index (χ0n) is 15.5. The molecule has 0 aliphatic carbocycles. The Labute approximate surface area is 159 Å². The first kappa shape index (κ1) is 18.8. The number of piperidine rings is 1. The van der Waals surface area contributed by atoms with E-state index in [1.165, 1.54) is 12.5 Å². The zero-order valence-corrected chi connectivity index (χ0v) is 15.5. The van der Waals surface area contributed by atoms with Crippen LogP contribution in [-0.2, 0) is 9.53 Å². The van der Waals surface area contributed by atoms with E-state index in [9.17, 15) is 9.59 Å². The van der Waals surface area contributed by atoms with Crippen LogP contribution in [0.5, 0.6) is 0 Å². The molecule has 2 fully saturated rings. The van der Waals surface area contributed by atoms with Gasteiger partial charge in [-0.2, -0.15) is 5.26 Å². The largest absolute Gasteiger partial charge is 0.442 e. The van der Waals surface area contributed by atoms with Gasteiger partial charge in [-0.05, 0) is 37.1 Å². The van der Waals surface area contributed by atoms with Crippen LogP contribution in [-0.4, -0.2) is 44.3 Å². The standard InChI is InChI=1S/C20H24N4O3/c1-15(25)22-13-19-14-24(20(26)27-19)18-6-4-17(5-7-18)23-11-8-16(9-12-23)3-2-10-21/h3-7,19H,2,8-9,11-14H2,1H3,(H,22,25)/t19-/m0/s1. The highest BCUT2D eigenvalue weighted by molar-refractivity contribution is 5.90. The van der Waals surface area contributed by atoms with E-state index in [-0.39, 0.29) is 18.1 Å². The molecule has 0 saturated carbocycles. The van der Waals surface area contributed by atoms with Gasteiger partial charge in [0.15, 0.2) is 0 Å². The number of allylic oxidation sites excluding steroid dienone is 1. The molecule has 0 unspecified atom stereocenters. The van der Waals surface area contributed by atoms with Gasteiger partial charge in [0, 0.05) is 31.4 Å². The van der Waals surface area contributed by atoms with Crippen molar-refractivity contribution in [1.29, 1.82) is 5.26 Å². The van der Waals surface area contributed by atoms with Gasteiger partial charge in [0.2, 0.25) is 5.91 Å². The number of anilines is 2. The third-order valence-corrected chi connectivity index (χ3v) is 4.87. The Hall–Kier alpha value is -3.01. The SMILES string of the molecule is CC(=O)NC[C@H]1CN(c2ccc(N3CCC(=CCC#N)CC3)cc2)C(=O)O1. The van der Waals surface area contributed by atoms with Gasteiger partial charge in [0.05, 0.1) is 25.6 Å².